The maximum absolute atomic E-state index is 11.6. The lowest BCUT2D eigenvalue weighted by Crippen LogP contribution is -2.08. The van der Waals surface area contributed by atoms with Crippen molar-refractivity contribution in [1.29, 1.82) is 0 Å². The Kier molecular flexibility index (Phi) is 6.56. The van der Waals surface area contributed by atoms with Crippen LogP contribution in [-0.2, 0) is 16.0 Å². The van der Waals surface area contributed by atoms with E-state index >= 15 is 0 Å². The SMILES string of the molecule is CC(C)CCOCCC(=O)Cc1ccccc1. The molecule has 94 valence electrons. The fourth-order valence-electron chi connectivity index (χ4n) is 1.52. The van der Waals surface area contributed by atoms with Crippen molar-refractivity contribution in [2.24, 2.45) is 5.92 Å². The highest BCUT2D eigenvalue weighted by Gasteiger charge is 2.03. The summed E-state index contributed by atoms with van der Waals surface area (Å²) in [5, 5.41) is 0. The Hall–Kier alpha value is -1.15. The zero-order chi connectivity index (χ0) is 12.5. The van der Waals surface area contributed by atoms with E-state index in [9.17, 15) is 4.79 Å². The highest BCUT2D eigenvalue weighted by atomic mass is 16.5. The fraction of sp³-hybridized carbons (Fsp3) is 0.533. The Morgan fingerprint density at radius 2 is 1.88 bits per heavy atom. The Bertz CT molecular complexity index is 317. The smallest absolute Gasteiger partial charge is 0.139 e. The van der Waals surface area contributed by atoms with Crippen LogP contribution >= 0.6 is 0 Å². The molecule has 1 rings (SSSR count). The molecule has 0 aliphatic carbocycles. The molecule has 0 N–H and O–H groups in total. The third-order valence-electron chi connectivity index (χ3n) is 2.61. The second-order valence-electron chi connectivity index (χ2n) is 4.75. The zero-order valence-corrected chi connectivity index (χ0v) is 10.8. The van der Waals surface area contributed by atoms with Gasteiger partial charge in [-0.15, -0.1) is 0 Å². The molecule has 0 saturated heterocycles. The van der Waals surface area contributed by atoms with E-state index in [-0.39, 0.29) is 5.78 Å². The quantitative estimate of drug-likeness (QED) is 0.645. The standard InChI is InChI=1S/C15H22O2/c1-13(2)8-10-17-11-9-15(16)12-14-6-4-3-5-7-14/h3-7,13H,8-12H2,1-2H3. The summed E-state index contributed by atoms with van der Waals surface area (Å²) in [5.41, 5.74) is 1.08. The Labute approximate surface area is 104 Å². The number of rotatable bonds is 8. The highest BCUT2D eigenvalue weighted by molar-refractivity contribution is 5.80. The zero-order valence-electron chi connectivity index (χ0n) is 10.8. The van der Waals surface area contributed by atoms with E-state index in [1.165, 1.54) is 0 Å². The van der Waals surface area contributed by atoms with E-state index in [1.807, 2.05) is 30.3 Å². The molecule has 0 unspecified atom stereocenters. The summed E-state index contributed by atoms with van der Waals surface area (Å²) in [6.45, 7) is 5.66. The monoisotopic (exact) mass is 234 g/mol. The predicted octanol–water partition coefficient (Wildman–Crippen LogP) is 3.25. The third kappa shape index (κ3) is 6.90. The summed E-state index contributed by atoms with van der Waals surface area (Å²) >= 11 is 0. The van der Waals surface area contributed by atoms with Crippen molar-refractivity contribution >= 4 is 5.78 Å². The molecule has 0 spiro atoms. The highest BCUT2D eigenvalue weighted by Crippen LogP contribution is 2.03. The molecule has 0 aliphatic rings. The van der Waals surface area contributed by atoms with Gasteiger partial charge in [-0.25, -0.2) is 0 Å². The van der Waals surface area contributed by atoms with Gasteiger partial charge in [0.1, 0.15) is 5.78 Å². The molecule has 0 saturated carbocycles. The van der Waals surface area contributed by atoms with Crippen molar-refractivity contribution in [2.75, 3.05) is 13.2 Å². The van der Waals surface area contributed by atoms with Crippen LogP contribution in [0.1, 0.15) is 32.3 Å². The van der Waals surface area contributed by atoms with Gasteiger partial charge in [-0.2, -0.15) is 0 Å². The van der Waals surface area contributed by atoms with Crippen molar-refractivity contribution < 1.29 is 9.53 Å². The summed E-state index contributed by atoms with van der Waals surface area (Å²) in [6, 6.07) is 9.85. The first-order valence-electron chi connectivity index (χ1n) is 6.32. The summed E-state index contributed by atoms with van der Waals surface area (Å²) in [7, 11) is 0. The number of carbonyl (C=O) groups excluding carboxylic acids is 1. The molecule has 0 bridgehead atoms. The molecule has 0 atom stereocenters. The number of benzene rings is 1. The van der Waals surface area contributed by atoms with Crippen molar-refractivity contribution in [3.63, 3.8) is 0 Å². The molecule has 2 nitrogen and oxygen atoms in total. The van der Waals surface area contributed by atoms with Crippen LogP contribution in [0.25, 0.3) is 0 Å². The molecule has 0 amide bonds. The summed E-state index contributed by atoms with van der Waals surface area (Å²) in [6.07, 6.45) is 2.11. The third-order valence-corrected chi connectivity index (χ3v) is 2.61. The van der Waals surface area contributed by atoms with E-state index in [2.05, 4.69) is 13.8 Å². The van der Waals surface area contributed by atoms with Gasteiger partial charge in [0.25, 0.3) is 0 Å². The van der Waals surface area contributed by atoms with Crippen LogP contribution < -0.4 is 0 Å². The lowest BCUT2D eigenvalue weighted by molar-refractivity contribution is -0.119. The molecule has 0 aromatic heterocycles. The van der Waals surface area contributed by atoms with Crippen LogP contribution in [0.5, 0.6) is 0 Å². The van der Waals surface area contributed by atoms with E-state index in [4.69, 9.17) is 4.74 Å². The van der Waals surface area contributed by atoms with Gasteiger partial charge < -0.3 is 4.74 Å². The molecule has 0 radical (unpaired) electrons. The molecule has 1 aromatic carbocycles. The topological polar surface area (TPSA) is 26.3 Å². The first-order valence-corrected chi connectivity index (χ1v) is 6.32. The molecular formula is C15H22O2. The molecular weight excluding hydrogens is 212 g/mol. The average Bonchev–Trinajstić information content (AvgIpc) is 2.29. The van der Waals surface area contributed by atoms with Gasteiger partial charge in [-0.05, 0) is 17.9 Å². The Balaban J connectivity index is 2.10. The molecule has 0 fully saturated rings. The van der Waals surface area contributed by atoms with Crippen LogP contribution in [0.4, 0.5) is 0 Å². The molecule has 0 aliphatic heterocycles. The minimum absolute atomic E-state index is 0.251. The van der Waals surface area contributed by atoms with Gasteiger partial charge in [-0.3, -0.25) is 4.79 Å². The lowest BCUT2D eigenvalue weighted by atomic mass is 10.1. The van der Waals surface area contributed by atoms with Crippen molar-refractivity contribution in [1.82, 2.24) is 0 Å². The number of ketones is 1. The van der Waals surface area contributed by atoms with Gasteiger partial charge in [-0.1, -0.05) is 44.2 Å². The normalized spacial score (nSPS) is 10.8. The average molecular weight is 234 g/mol. The summed E-state index contributed by atoms with van der Waals surface area (Å²) in [4.78, 5) is 11.6. The number of ether oxygens (including phenoxy) is 1. The minimum atomic E-state index is 0.251. The Morgan fingerprint density at radius 1 is 1.18 bits per heavy atom. The van der Waals surface area contributed by atoms with E-state index < -0.39 is 0 Å². The molecule has 0 heterocycles. The number of Topliss-reactive ketones (excluding diaryl/α,β-unsaturated/α-hetero) is 1. The Morgan fingerprint density at radius 3 is 2.53 bits per heavy atom. The van der Waals surface area contributed by atoms with E-state index in [0.29, 0.717) is 25.4 Å². The largest absolute Gasteiger partial charge is 0.381 e. The van der Waals surface area contributed by atoms with Gasteiger partial charge in [0.2, 0.25) is 0 Å². The van der Waals surface area contributed by atoms with Crippen molar-refractivity contribution in [3.05, 3.63) is 35.9 Å². The van der Waals surface area contributed by atoms with Crippen LogP contribution in [0.2, 0.25) is 0 Å². The maximum Gasteiger partial charge on any atom is 0.139 e. The van der Waals surface area contributed by atoms with Crippen LogP contribution in [-0.4, -0.2) is 19.0 Å². The minimum Gasteiger partial charge on any atom is -0.381 e. The number of hydrogen-bond acceptors (Lipinski definition) is 2. The van der Waals surface area contributed by atoms with Crippen molar-refractivity contribution in [2.45, 2.75) is 33.1 Å². The number of hydrogen-bond donors (Lipinski definition) is 0. The van der Waals surface area contributed by atoms with Gasteiger partial charge in [0, 0.05) is 19.4 Å². The summed E-state index contributed by atoms with van der Waals surface area (Å²) < 4.78 is 5.43. The number of carbonyl (C=O) groups is 1. The van der Waals surface area contributed by atoms with Gasteiger partial charge in [0.05, 0.1) is 6.61 Å². The fourth-order valence-corrected chi connectivity index (χ4v) is 1.52. The maximum atomic E-state index is 11.6. The molecule has 2 heteroatoms. The summed E-state index contributed by atoms with van der Waals surface area (Å²) in [5.74, 6) is 0.913. The lowest BCUT2D eigenvalue weighted by Gasteiger charge is -2.06. The first kappa shape index (κ1) is 13.9. The molecule has 1 aromatic rings. The van der Waals surface area contributed by atoms with Gasteiger partial charge in [0.15, 0.2) is 0 Å². The van der Waals surface area contributed by atoms with Crippen LogP contribution in [0.3, 0.4) is 0 Å². The van der Waals surface area contributed by atoms with Gasteiger partial charge >= 0.3 is 0 Å². The first-order chi connectivity index (χ1) is 8.18. The second-order valence-corrected chi connectivity index (χ2v) is 4.75. The van der Waals surface area contributed by atoms with E-state index in [0.717, 1.165) is 18.6 Å². The predicted molar refractivity (Wildman–Crippen MR) is 70.0 cm³/mol. The van der Waals surface area contributed by atoms with Crippen LogP contribution in [0.15, 0.2) is 30.3 Å². The molecule has 17 heavy (non-hydrogen) atoms. The van der Waals surface area contributed by atoms with Crippen molar-refractivity contribution in [3.8, 4) is 0 Å². The van der Waals surface area contributed by atoms with E-state index in [1.54, 1.807) is 0 Å². The van der Waals surface area contributed by atoms with Crippen LogP contribution in [0, 0.1) is 5.92 Å². The second kappa shape index (κ2) is 8.02.